The van der Waals surface area contributed by atoms with Crippen LogP contribution in [0.5, 0.6) is 0 Å². The highest BCUT2D eigenvalue weighted by atomic mass is 35.5. The molecule has 1 N–H and O–H groups in total. The summed E-state index contributed by atoms with van der Waals surface area (Å²) in [5.41, 5.74) is -0.724. The number of carbonyl (C=O) groups excluding carboxylic acids is 2. The second kappa shape index (κ2) is 6.81. The van der Waals surface area contributed by atoms with Gasteiger partial charge in [0, 0.05) is 24.0 Å². The Hall–Kier alpha value is -2.00. The Balaban J connectivity index is 1.21. The number of amides is 2. The number of hydrogen-bond donors (Lipinski definition) is 1. The van der Waals surface area contributed by atoms with E-state index in [1.807, 2.05) is 0 Å². The van der Waals surface area contributed by atoms with Crippen LogP contribution in [-0.4, -0.2) is 48.2 Å². The lowest BCUT2D eigenvalue weighted by molar-refractivity contribution is -0.155. The highest BCUT2D eigenvalue weighted by Gasteiger charge is 2.54. The number of cyclic esters (lactones) is 1. The van der Waals surface area contributed by atoms with Crippen LogP contribution in [0.25, 0.3) is 0 Å². The Morgan fingerprint density at radius 3 is 2.64 bits per heavy atom. The van der Waals surface area contributed by atoms with E-state index in [2.05, 4.69) is 5.32 Å². The first-order valence-electron chi connectivity index (χ1n) is 8.86. The van der Waals surface area contributed by atoms with E-state index in [1.54, 1.807) is 4.90 Å². The third kappa shape index (κ3) is 3.65. The summed E-state index contributed by atoms with van der Waals surface area (Å²) < 4.78 is 48.5. The van der Waals surface area contributed by atoms with E-state index < -0.39 is 23.4 Å². The maximum atomic E-state index is 12.7. The number of nitrogens with zero attached hydrogens (tertiary/aromatic N) is 1. The van der Waals surface area contributed by atoms with Gasteiger partial charge in [0.2, 0.25) is 5.91 Å². The summed E-state index contributed by atoms with van der Waals surface area (Å²) in [6.07, 6.45) is -3.91. The summed E-state index contributed by atoms with van der Waals surface area (Å²) in [6, 6.07) is 3.16. The molecule has 1 aromatic rings. The van der Waals surface area contributed by atoms with Gasteiger partial charge >= 0.3 is 12.3 Å². The Bertz CT molecular complexity index is 805. The zero-order chi connectivity index (χ0) is 20.1. The zero-order valence-corrected chi connectivity index (χ0v) is 15.5. The average Bonchev–Trinajstić information content (AvgIpc) is 2.94. The molecule has 1 spiro atoms. The van der Waals surface area contributed by atoms with Crippen molar-refractivity contribution in [2.24, 2.45) is 5.92 Å². The molecular weight excluding hydrogens is 401 g/mol. The van der Waals surface area contributed by atoms with Gasteiger partial charge in [0.15, 0.2) is 0 Å². The molecular formula is C18H18ClF3N2O4. The number of rotatable bonds is 4. The molecule has 0 aromatic heterocycles. The van der Waals surface area contributed by atoms with Gasteiger partial charge in [-0.05, 0) is 30.5 Å². The number of benzene rings is 1. The van der Waals surface area contributed by atoms with Crippen molar-refractivity contribution in [2.45, 2.75) is 37.3 Å². The van der Waals surface area contributed by atoms with Crippen molar-refractivity contribution < 1.29 is 32.2 Å². The summed E-state index contributed by atoms with van der Waals surface area (Å²) in [7, 11) is 0. The monoisotopic (exact) mass is 418 g/mol. The Morgan fingerprint density at radius 1 is 1.36 bits per heavy atom. The first-order valence-corrected chi connectivity index (χ1v) is 9.24. The minimum Gasteiger partial charge on any atom is -0.447 e. The number of hydrogen-bond acceptors (Lipinski definition) is 4. The van der Waals surface area contributed by atoms with Gasteiger partial charge in [0.1, 0.15) is 6.61 Å². The number of halogens is 4. The summed E-state index contributed by atoms with van der Waals surface area (Å²) in [5, 5.41) is 2.76. The maximum absolute atomic E-state index is 12.7. The van der Waals surface area contributed by atoms with Crippen molar-refractivity contribution in [2.75, 3.05) is 19.7 Å². The molecule has 0 unspecified atom stereocenters. The smallest absolute Gasteiger partial charge is 0.416 e. The molecule has 152 valence electrons. The molecule has 6 nitrogen and oxygen atoms in total. The minimum absolute atomic E-state index is 0.00248. The fraction of sp³-hybridized carbons (Fsp3) is 0.556. The molecule has 28 heavy (non-hydrogen) atoms. The van der Waals surface area contributed by atoms with E-state index in [0.29, 0.717) is 38.1 Å². The molecule has 2 amide bonds. The van der Waals surface area contributed by atoms with E-state index in [1.165, 1.54) is 6.07 Å². The van der Waals surface area contributed by atoms with Crippen molar-refractivity contribution in [3.63, 3.8) is 0 Å². The second-order valence-corrected chi connectivity index (χ2v) is 7.97. The molecule has 0 radical (unpaired) electrons. The molecule has 3 aliphatic rings. The second-order valence-electron chi connectivity index (χ2n) is 7.57. The lowest BCUT2D eigenvalue weighted by atomic mass is 9.68. The van der Waals surface area contributed by atoms with Crippen LogP contribution in [0.4, 0.5) is 18.0 Å². The van der Waals surface area contributed by atoms with Crippen LogP contribution >= 0.6 is 11.6 Å². The Kier molecular flexibility index (Phi) is 4.70. The van der Waals surface area contributed by atoms with Gasteiger partial charge in [0.05, 0.1) is 23.8 Å². The van der Waals surface area contributed by atoms with Crippen LogP contribution in [0, 0.1) is 5.92 Å². The van der Waals surface area contributed by atoms with Gasteiger partial charge in [-0.25, -0.2) is 4.79 Å². The fourth-order valence-corrected chi connectivity index (χ4v) is 4.04. The summed E-state index contributed by atoms with van der Waals surface area (Å²) in [4.78, 5) is 25.3. The predicted molar refractivity (Wildman–Crippen MR) is 91.5 cm³/mol. The van der Waals surface area contributed by atoms with Crippen LogP contribution in [0.15, 0.2) is 18.2 Å². The molecule has 1 aromatic carbocycles. The molecule has 2 saturated heterocycles. The van der Waals surface area contributed by atoms with Gasteiger partial charge in [-0.1, -0.05) is 17.7 Å². The van der Waals surface area contributed by atoms with Crippen LogP contribution in [-0.2, 0) is 27.1 Å². The molecule has 1 aliphatic carbocycles. The SMILES string of the molecule is O=C1NC2(CO1)CC(C(=O)N1CC(OCc3ccc(C(F)(F)F)cc3Cl)C1)C2. The zero-order valence-electron chi connectivity index (χ0n) is 14.7. The standard InChI is InChI=1S/C18H18ClF3N2O4/c19-14-3-12(18(20,21)22)2-1-10(14)8-27-13-6-24(7-13)15(25)11-4-17(5-11)9-28-16(26)23-17/h1-3,11,13H,4-9H2,(H,23,26). The van der Waals surface area contributed by atoms with Crippen molar-refractivity contribution in [1.29, 1.82) is 0 Å². The minimum atomic E-state index is -4.44. The Labute approximate surface area is 163 Å². The number of alkyl carbamates (subject to hydrolysis) is 1. The average molecular weight is 419 g/mol. The first-order chi connectivity index (χ1) is 13.2. The predicted octanol–water partition coefficient (Wildman–Crippen LogP) is 2.97. The van der Waals surface area contributed by atoms with Crippen molar-refractivity contribution in [1.82, 2.24) is 10.2 Å². The normalized spacial score (nSPS) is 27.2. The quantitative estimate of drug-likeness (QED) is 0.816. The third-order valence-electron chi connectivity index (χ3n) is 5.48. The topological polar surface area (TPSA) is 67.9 Å². The molecule has 10 heteroatoms. The first kappa shape index (κ1) is 19.3. The number of alkyl halides is 3. The highest BCUT2D eigenvalue weighted by molar-refractivity contribution is 6.31. The summed E-state index contributed by atoms with van der Waals surface area (Å²) >= 11 is 5.91. The van der Waals surface area contributed by atoms with Gasteiger partial charge in [-0.15, -0.1) is 0 Å². The lowest BCUT2D eigenvalue weighted by Crippen LogP contribution is -2.62. The van der Waals surface area contributed by atoms with Gasteiger partial charge in [-0.2, -0.15) is 13.2 Å². The largest absolute Gasteiger partial charge is 0.447 e. The number of carbonyl (C=O) groups is 2. The maximum Gasteiger partial charge on any atom is 0.416 e. The van der Waals surface area contributed by atoms with E-state index in [4.69, 9.17) is 21.1 Å². The number of likely N-dealkylation sites (tertiary alicyclic amines) is 1. The van der Waals surface area contributed by atoms with E-state index in [9.17, 15) is 22.8 Å². The van der Waals surface area contributed by atoms with Crippen molar-refractivity contribution in [3.8, 4) is 0 Å². The molecule has 1 saturated carbocycles. The molecule has 2 heterocycles. The van der Waals surface area contributed by atoms with Crippen LogP contribution in [0.1, 0.15) is 24.0 Å². The van der Waals surface area contributed by atoms with Crippen molar-refractivity contribution >= 4 is 23.6 Å². The van der Waals surface area contributed by atoms with Crippen molar-refractivity contribution in [3.05, 3.63) is 34.3 Å². The molecule has 0 atom stereocenters. The van der Waals surface area contributed by atoms with Gasteiger partial charge in [0.25, 0.3) is 0 Å². The van der Waals surface area contributed by atoms with E-state index in [0.717, 1.165) is 12.1 Å². The van der Waals surface area contributed by atoms with E-state index in [-0.39, 0.29) is 29.6 Å². The lowest BCUT2D eigenvalue weighted by Gasteiger charge is -2.47. The van der Waals surface area contributed by atoms with Crippen LogP contribution in [0.3, 0.4) is 0 Å². The third-order valence-corrected chi connectivity index (χ3v) is 5.84. The van der Waals surface area contributed by atoms with Gasteiger partial charge < -0.3 is 19.7 Å². The molecule has 0 bridgehead atoms. The van der Waals surface area contributed by atoms with Crippen LogP contribution < -0.4 is 5.32 Å². The molecule has 4 rings (SSSR count). The van der Waals surface area contributed by atoms with Crippen LogP contribution in [0.2, 0.25) is 5.02 Å². The summed E-state index contributed by atoms with van der Waals surface area (Å²) in [6.45, 7) is 1.25. The Morgan fingerprint density at radius 2 is 2.07 bits per heavy atom. The highest BCUT2D eigenvalue weighted by Crippen LogP contribution is 2.42. The van der Waals surface area contributed by atoms with E-state index >= 15 is 0 Å². The van der Waals surface area contributed by atoms with Gasteiger partial charge in [-0.3, -0.25) is 4.79 Å². The summed E-state index contributed by atoms with van der Waals surface area (Å²) in [5.74, 6) is -0.105. The number of nitrogens with one attached hydrogen (secondary N) is 1. The fourth-order valence-electron chi connectivity index (χ4n) is 3.80. The number of ether oxygens (including phenoxy) is 2. The molecule has 3 fully saturated rings. The molecule has 2 aliphatic heterocycles.